The molecule has 21 heavy (non-hydrogen) atoms. The van der Waals surface area contributed by atoms with E-state index in [0.29, 0.717) is 0 Å². The Labute approximate surface area is 129 Å². The van der Waals surface area contributed by atoms with Gasteiger partial charge in [0, 0.05) is 12.4 Å². The molecule has 2 unspecified atom stereocenters. The Bertz CT molecular complexity index is 743. The first kappa shape index (κ1) is 14.1. The minimum Gasteiger partial charge on any atom is -0.322 e. The average molecular weight is 303 g/mol. The van der Waals surface area contributed by atoms with Gasteiger partial charge in [-0.2, -0.15) is 5.10 Å². The van der Waals surface area contributed by atoms with E-state index in [0.717, 1.165) is 23.4 Å². The Morgan fingerprint density at radius 3 is 2.76 bits per heavy atom. The monoisotopic (exact) mass is 302 g/mol. The predicted molar refractivity (Wildman–Crippen MR) is 85.7 cm³/mol. The molecule has 0 N–H and O–H groups in total. The molecule has 3 rings (SSSR count). The third-order valence-electron chi connectivity index (χ3n) is 3.68. The van der Waals surface area contributed by atoms with E-state index in [4.69, 9.17) is 16.6 Å². The highest BCUT2D eigenvalue weighted by Crippen LogP contribution is 2.29. The molecule has 2 heterocycles. The lowest BCUT2D eigenvalue weighted by molar-refractivity contribution is 0.434. The summed E-state index contributed by atoms with van der Waals surface area (Å²) in [5, 5.41) is 4.16. The molecule has 5 heteroatoms. The standard InChI is InChI=1S/C16H19ClN4/c1-11-5-6-15-14(9-11)19-16(13(3)17)21(15)12(2)10-20-8-4-7-18-20/h4-9,12-13H,10H2,1-3H3. The third kappa shape index (κ3) is 2.68. The topological polar surface area (TPSA) is 35.6 Å². The van der Waals surface area contributed by atoms with E-state index in [-0.39, 0.29) is 11.4 Å². The second-order valence-corrected chi connectivity index (χ2v) is 6.18. The van der Waals surface area contributed by atoms with Crippen LogP contribution in [-0.2, 0) is 6.54 Å². The van der Waals surface area contributed by atoms with Crippen LogP contribution < -0.4 is 0 Å². The van der Waals surface area contributed by atoms with Crippen molar-refractivity contribution in [2.45, 2.75) is 38.7 Å². The van der Waals surface area contributed by atoms with Crippen molar-refractivity contribution in [3.05, 3.63) is 48.0 Å². The SMILES string of the molecule is Cc1ccc2c(c1)nc(C(C)Cl)n2C(C)Cn1cccn1. The van der Waals surface area contributed by atoms with Gasteiger partial charge in [0.05, 0.1) is 29.0 Å². The van der Waals surface area contributed by atoms with Crippen LogP contribution in [0.3, 0.4) is 0 Å². The van der Waals surface area contributed by atoms with Gasteiger partial charge in [-0.3, -0.25) is 4.68 Å². The average Bonchev–Trinajstić information content (AvgIpc) is 3.04. The van der Waals surface area contributed by atoms with Crippen molar-refractivity contribution in [1.82, 2.24) is 19.3 Å². The largest absolute Gasteiger partial charge is 0.322 e. The molecule has 0 saturated carbocycles. The molecule has 0 saturated heterocycles. The quantitative estimate of drug-likeness (QED) is 0.680. The summed E-state index contributed by atoms with van der Waals surface area (Å²) in [5.74, 6) is 0.914. The van der Waals surface area contributed by atoms with E-state index in [9.17, 15) is 0 Å². The smallest absolute Gasteiger partial charge is 0.128 e. The number of aryl methyl sites for hydroxylation is 1. The van der Waals surface area contributed by atoms with Gasteiger partial charge in [-0.25, -0.2) is 4.98 Å². The molecule has 0 aliphatic heterocycles. The predicted octanol–water partition coefficient (Wildman–Crippen LogP) is 4.10. The van der Waals surface area contributed by atoms with Crippen molar-refractivity contribution in [1.29, 1.82) is 0 Å². The summed E-state index contributed by atoms with van der Waals surface area (Å²) in [5.41, 5.74) is 3.34. The molecular weight excluding hydrogens is 284 g/mol. The molecule has 3 aromatic rings. The normalized spacial score (nSPS) is 14.5. The van der Waals surface area contributed by atoms with E-state index in [1.807, 2.05) is 23.9 Å². The maximum Gasteiger partial charge on any atom is 0.128 e. The molecule has 0 bridgehead atoms. The van der Waals surface area contributed by atoms with Crippen molar-refractivity contribution < 1.29 is 0 Å². The van der Waals surface area contributed by atoms with Crippen LogP contribution in [0.25, 0.3) is 11.0 Å². The lowest BCUT2D eigenvalue weighted by Gasteiger charge is -2.18. The van der Waals surface area contributed by atoms with Gasteiger partial charge in [0.1, 0.15) is 5.82 Å². The fourth-order valence-electron chi connectivity index (χ4n) is 2.73. The Morgan fingerprint density at radius 1 is 1.29 bits per heavy atom. The maximum absolute atomic E-state index is 6.34. The molecule has 110 valence electrons. The molecule has 0 amide bonds. The van der Waals surface area contributed by atoms with Crippen LogP contribution in [0.4, 0.5) is 0 Å². The number of benzene rings is 1. The molecule has 0 radical (unpaired) electrons. The van der Waals surface area contributed by atoms with Crippen molar-refractivity contribution in [3.63, 3.8) is 0 Å². The van der Waals surface area contributed by atoms with E-state index >= 15 is 0 Å². The van der Waals surface area contributed by atoms with Crippen molar-refractivity contribution >= 4 is 22.6 Å². The lowest BCUT2D eigenvalue weighted by atomic mass is 10.2. The summed E-state index contributed by atoms with van der Waals surface area (Å²) in [7, 11) is 0. The number of hydrogen-bond donors (Lipinski definition) is 0. The fraction of sp³-hybridized carbons (Fsp3) is 0.375. The maximum atomic E-state index is 6.34. The number of imidazole rings is 1. The molecule has 0 aliphatic rings. The second-order valence-electron chi connectivity index (χ2n) is 5.53. The van der Waals surface area contributed by atoms with Gasteiger partial charge >= 0.3 is 0 Å². The number of fused-ring (bicyclic) bond motifs is 1. The summed E-state index contributed by atoms with van der Waals surface area (Å²) >= 11 is 6.34. The summed E-state index contributed by atoms with van der Waals surface area (Å²) in [6, 6.07) is 8.51. The van der Waals surface area contributed by atoms with Gasteiger partial charge in [0.15, 0.2) is 0 Å². The van der Waals surface area contributed by atoms with Gasteiger partial charge < -0.3 is 4.57 Å². The Kier molecular flexibility index (Phi) is 3.72. The highest BCUT2D eigenvalue weighted by Gasteiger charge is 2.19. The van der Waals surface area contributed by atoms with E-state index in [1.54, 1.807) is 6.20 Å². The number of alkyl halides is 1. The molecular formula is C16H19ClN4. The zero-order valence-corrected chi connectivity index (χ0v) is 13.2. The molecule has 1 aromatic carbocycles. The fourth-order valence-corrected chi connectivity index (χ4v) is 2.89. The molecule has 0 fully saturated rings. The highest BCUT2D eigenvalue weighted by molar-refractivity contribution is 6.20. The van der Waals surface area contributed by atoms with Gasteiger partial charge in [-0.05, 0) is 44.5 Å². The van der Waals surface area contributed by atoms with Crippen LogP contribution in [0.5, 0.6) is 0 Å². The summed E-state index contributed by atoms with van der Waals surface area (Å²) in [4.78, 5) is 4.72. The van der Waals surface area contributed by atoms with Crippen LogP contribution >= 0.6 is 11.6 Å². The number of nitrogens with zero attached hydrogens (tertiary/aromatic N) is 4. The van der Waals surface area contributed by atoms with Crippen molar-refractivity contribution in [3.8, 4) is 0 Å². The molecule has 0 aliphatic carbocycles. The zero-order chi connectivity index (χ0) is 15.0. The highest BCUT2D eigenvalue weighted by atomic mass is 35.5. The molecule has 2 atom stereocenters. The van der Waals surface area contributed by atoms with E-state index < -0.39 is 0 Å². The minimum absolute atomic E-state index is 0.127. The van der Waals surface area contributed by atoms with E-state index in [2.05, 4.69) is 41.7 Å². The Balaban J connectivity index is 2.08. The van der Waals surface area contributed by atoms with Crippen LogP contribution in [0, 0.1) is 6.92 Å². The zero-order valence-electron chi connectivity index (χ0n) is 12.5. The summed E-state index contributed by atoms with van der Waals surface area (Å²) in [6.07, 6.45) is 3.77. The minimum atomic E-state index is -0.127. The Hall–Kier alpha value is -1.81. The Morgan fingerprint density at radius 2 is 2.10 bits per heavy atom. The first-order chi connectivity index (χ1) is 10.1. The first-order valence-electron chi connectivity index (χ1n) is 7.16. The van der Waals surface area contributed by atoms with Gasteiger partial charge in [-0.1, -0.05) is 6.07 Å². The second kappa shape index (κ2) is 5.53. The molecule has 0 spiro atoms. The first-order valence-corrected chi connectivity index (χ1v) is 7.60. The van der Waals surface area contributed by atoms with Gasteiger partial charge in [0.2, 0.25) is 0 Å². The number of hydrogen-bond acceptors (Lipinski definition) is 2. The van der Waals surface area contributed by atoms with Crippen LogP contribution in [0.15, 0.2) is 36.7 Å². The molecule has 4 nitrogen and oxygen atoms in total. The summed E-state index contributed by atoms with van der Waals surface area (Å²) in [6.45, 7) is 7.01. The lowest BCUT2D eigenvalue weighted by Crippen LogP contribution is -2.16. The van der Waals surface area contributed by atoms with Crippen molar-refractivity contribution in [2.75, 3.05) is 0 Å². The van der Waals surface area contributed by atoms with Crippen LogP contribution in [0.1, 0.15) is 36.7 Å². The van der Waals surface area contributed by atoms with Gasteiger partial charge in [-0.15, -0.1) is 11.6 Å². The number of halogens is 1. The van der Waals surface area contributed by atoms with Crippen LogP contribution in [-0.4, -0.2) is 19.3 Å². The van der Waals surface area contributed by atoms with Gasteiger partial charge in [0.25, 0.3) is 0 Å². The van der Waals surface area contributed by atoms with E-state index in [1.165, 1.54) is 5.56 Å². The molecule has 2 aromatic heterocycles. The van der Waals surface area contributed by atoms with Crippen LogP contribution in [0.2, 0.25) is 0 Å². The number of rotatable bonds is 4. The van der Waals surface area contributed by atoms with Crippen molar-refractivity contribution in [2.24, 2.45) is 0 Å². The third-order valence-corrected chi connectivity index (χ3v) is 3.87. The number of aromatic nitrogens is 4. The summed E-state index contributed by atoms with van der Waals surface area (Å²) < 4.78 is 4.17.